The molecule has 1 aromatic carbocycles. The van der Waals surface area contributed by atoms with E-state index in [0.717, 1.165) is 0 Å². The highest BCUT2D eigenvalue weighted by Crippen LogP contribution is 2.34. The molecule has 2 aromatic heterocycles. The molecule has 0 amide bonds. The second-order valence-electron chi connectivity index (χ2n) is 6.01. The molecular formula is C17H19FN4O3S. The number of sulfonamides is 1. The number of nitrogens with one attached hydrogen (secondary N) is 1. The van der Waals surface area contributed by atoms with Crippen LogP contribution < -0.4 is 4.72 Å². The molecule has 1 N–H and O–H groups in total. The molecular weight excluding hydrogens is 359 g/mol. The van der Waals surface area contributed by atoms with Crippen LogP contribution in [0, 0.1) is 26.6 Å². The van der Waals surface area contributed by atoms with Crippen molar-refractivity contribution in [3.8, 4) is 11.5 Å². The molecule has 0 radical (unpaired) electrons. The first-order valence-electron chi connectivity index (χ1n) is 7.91. The first kappa shape index (κ1) is 18.3. The molecule has 7 nitrogen and oxygen atoms in total. The molecule has 0 aliphatic rings. The first-order valence-corrected chi connectivity index (χ1v) is 9.39. The number of rotatable bonds is 5. The van der Waals surface area contributed by atoms with Crippen LogP contribution in [0.3, 0.4) is 0 Å². The molecule has 2 heterocycles. The summed E-state index contributed by atoms with van der Waals surface area (Å²) in [5, 5.41) is 7.76. The zero-order valence-electron chi connectivity index (χ0n) is 14.9. The lowest BCUT2D eigenvalue weighted by Gasteiger charge is -2.08. The van der Waals surface area contributed by atoms with Gasteiger partial charge in [-0.15, -0.1) is 10.2 Å². The Labute approximate surface area is 150 Å². The van der Waals surface area contributed by atoms with Crippen LogP contribution in [0.15, 0.2) is 33.6 Å². The fourth-order valence-corrected chi connectivity index (χ4v) is 4.28. The van der Waals surface area contributed by atoms with Crippen molar-refractivity contribution in [2.24, 2.45) is 7.05 Å². The van der Waals surface area contributed by atoms with Crippen molar-refractivity contribution in [3.05, 3.63) is 52.9 Å². The average molecular weight is 378 g/mol. The summed E-state index contributed by atoms with van der Waals surface area (Å²) in [4.78, 5) is 0.100. The van der Waals surface area contributed by atoms with Crippen molar-refractivity contribution in [2.75, 3.05) is 0 Å². The average Bonchev–Trinajstić information content (AvgIpc) is 3.11. The highest BCUT2D eigenvalue weighted by molar-refractivity contribution is 7.89. The Bertz CT molecular complexity index is 1050. The summed E-state index contributed by atoms with van der Waals surface area (Å²) >= 11 is 0. The van der Waals surface area contributed by atoms with E-state index in [1.165, 1.54) is 24.3 Å². The van der Waals surface area contributed by atoms with Gasteiger partial charge in [0.1, 0.15) is 10.7 Å². The molecule has 0 saturated heterocycles. The van der Waals surface area contributed by atoms with E-state index in [2.05, 4.69) is 14.9 Å². The molecule has 0 aliphatic heterocycles. The zero-order valence-corrected chi connectivity index (χ0v) is 15.7. The van der Waals surface area contributed by atoms with Gasteiger partial charge in [-0.3, -0.25) is 0 Å². The second kappa shape index (κ2) is 6.65. The summed E-state index contributed by atoms with van der Waals surface area (Å²) in [6.07, 6.45) is 0. The third kappa shape index (κ3) is 3.27. The number of hydrogen-bond donors (Lipinski definition) is 1. The van der Waals surface area contributed by atoms with E-state index in [9.17, 15) is 12.8 Å². The van der Waals surface area contributed by atoms with Crippen molar-refractivity contribution in [1.29, 1.82) is 0 Å². The van der Waals surface area contributed by atoms with Gasteiger partial charge in [0.05, 0.1) is 5.56 Å². The van der Waals surface area contributed by atoms with E-state index in [1.54, 1.807) is 32.4 Å². The zero-order chi connectivity index (χ0) is 19.1. The van der Waals surface area contributed by atoms with Gasteiger partial charge in [0.2, 0.25) is 15.9 Å². The Morgan fingerprint density at radius 3 is 2.35 bits per heavy atom. The molecule has 0 fully saturated rings. The predicted octanol–water partition coefficient (Wildman–Crippen LogP) is 2.62. The molecule has 0 unspecified atom stereocenters. The van der Waals surface area contributed by atoms with Crippen LogP contribution in [0.25, 0.3) is 11.5 Å². The fraction of sp³-hybridized carbons (Fsp3) is 0.294. The van der Waals surface area contributed by atoms with Crippen LogP contribution in [0.5, 0.6) is 0 Å². The summed E-state index contributed by atoms with van der Waals surface area (Å²) < 4.78 is 48.7. The molecule has 0 aliphatic carbocycles. The summed E-state index contributed by atoms with van der Waals surface area (Å²) in [7, 11) is -2.09. The molecule has 138 valence electrons. The minimum absolute atomic E-state index is 0.0400. The van der Waals surface area contributed by atoms with Gasteiger partial charge in [0, 0.05) is 31.9 Å². The third-order valence-electron chi connectivity index (χ3n) is 4.31. The number of hydrogen-bond acceptors (Lipinski definition) is 5. The second-order valence-corrected chi connectivity index (χ2v) is 7.72. The van der Waals surface area contributed by atoms with E-state index in [-0.39, 0.29) is 23.1 Å². The lowest BCUT2D eigenvalue weighted by Crippen LogP contribution is -2.24. The largest absolute Gasteiger partial charge is 0.421 e. The molecule has 0 saturated carbocycles. The maximum absolute atomic E-state index is 13.0. The van der Waals surface area contributed by atoms with Crippen LogP contribution in [0.2, 0.25) is 0 Å². The summed E-state index contributed by atoms with van der Waals surface area (Å²) in [6.45, 7) is 5.19. The van der Waals surface area contributed by atoms with Crippen LogP contribution >= 0.6 is 0 Å². The smallest absolute Gasteiger partial charge is 0.250 e. The SMILES string of the molecule is Cc1nnc(-c2c(S(=O)(=O)NCc3ccc(F)cc3)c(C)n(C)c2C)o1. The van der Waals surface area contributed by atoms with Gasteiger partial charge in [-0.05, 0) is 31.5 Å². The molecule has 3 rings (SSSR count). The van der Waals surface area contributed by atoms with Crippen molar-refractivity contribution in [2.45, 2.75) is 32.2 Å². The Morgan fingerprint density at radius 2 is 1.77 bits per heavy atom. The predicted molar refractivity (Wildman–Crippen MR) is 93.3 cm³/mol. The van der Waals surface area contributed by atoms with Gasteiger partial charge in [0.25, 0.3) is 5.89 Å². The maximum atomic E-state index is 13.0. The van der Waals surface area contributed by atoms with Gasteiger partial charge in [-0.1, -0.05) is 12.1 Å². The topological polar surface area (TPSA) is 90.0 Å². The molecule has 9 heteroatoms. The Kier molecular flexibility index (Phi) is 4.68. The normalized spacial score (nSPS) is 11.9. The van der Waals surface area contributed by atoms with Crippen molar-refractivity contribution < 1.29 is 17.2 Å². The van der Waals surface area contributed by atoms with E-state index in [1.807, 2.05) is 0 Å². The highest BCUT2D eigenvalue weighted by atomic mass is 32.2. The minimum atomic E-state index is -3.86. The molecule has 0 spiro atoms. The Balaban J connectivity index is 2.01. The van der Waals surface area contributed by atoms with E-state index < -0.39 is 10.0 Å². The van der Waals surface area contributed by atoms with E-state index in [0.29, 0.717) is 28.4 Å². The standard InChI is InChI=1S/C17H19FN4O3S/c1-10-15(17-21-20-12(3)25-17)16(11(2)22(10)4)26(23,24)19-9-13-5-7-14(18)8-6-13/h5-8,19H,9H2,1-4H3. The van der Waals surface area contributed by atoms with Gasteiger partial charge in [-0.2, -0.15) is 0 Å². The first-order chi connectivity index (χ1) is 12.2. The number of aryl methyl sites for hydroxylation is 1. The van der Waals surface area contributed by atoms with Crippen molar-refractivity contribution in [1.82, 2.24) is 19.5 Å². The fourth-order valence-electron chi connectivity index (χ4n) is 2.75. The Hall–Kier alpha value is -2.52. The van der Waals surface area contributed by atoms with E-state index in [4.69, 9.17) is 4.42 Å². The summed E-state index contributed by atoms with van der Waals surface area (Å²) in [5.74, 6) is 0.134. The van der Waals surface area contributed by atoms with Gasteiger partial charge in [-0.25, -0.2) is 17.5 Å². The number of benzene rings is 1. The minimum Gasteiger partial charge on any atom is -0.421 e. The number of halogens is 1. The quantitative estimate of drug-likeness (QED) is 0.737. The van der Waals surface area contributed by atoms with Crippen molar-refractivity contribution >= 4 is 10.0 Å². The van der Waals surface area contributed by atoms with Crippen LogP contribution in [0.4, 0.5) is 4.39 Å². The van der Waals surface area contributed by atoms with Gasteiger partial charge < -0.3 is 8.98 Å². The van der Waals surface area contributed by atoms with Crippen LogP contribution in [-0.2, 0) is 23.6 Å². The molecule has 0 bridgehead atoms. The lowest BCUT2D eigenvalue weighted by atomic mass is 10.2. The Morgan fingerprint density at radius 1 is 1.12 bits per heavy atom. The lowest BCUT2D eigenvalue weighted by molar-refractivity contribution is 0.530. The molecule has 26 heavy (non-hydrogen) atoms. The maximum Gasteiger partial charge on any atom is 0.250 e. The summed E-state index contributed by atoms with van der Waals surface area (Å²) in [5.41, 5.74) is 2.29. The monoisotopic (exact) mass is 378 g/mol. The highest BCUT2D eigenvalue weighted by Gasteiger charge is 2.30. The number of aromatic nitrogens is 3. The van der Waals surface area contributed by atoms with E-state index >= 15 is 0 Å². The van der Waals surface area contributed by atoms with Crippen molar-refractivity contribution in [3.63, 3.8) is 0 Å². The summed E-state index contributed by atoms with van der Waals surface area (Å²) in [6, 6.07) is 5.63. The third-order valence-corrected chi connectivity index (χ3v) is 5.87. The van der Waals surface area contributed by atoms with Crippen LogP contribution in [-0.4, -0.2) is 23.2 Å². The molecule has 0 atom stereocenters. The number of nitrogens with zero attached hydrogens (tertiary/aromatic N) is 3. The van der Waals surface area contributed by atoms with Crippen LogP contribution in [0.1, 0.15) is 22.8 Å². The van der Waals surface area contributed by atoms with Gasteiger partial charge in [0.15, 0.2) is 0 Å². The van der Waals surface area contributed by atoms with Gasteiger partial charge >= 0.3 is 0 Å². The molecule has 3 aromatic rings.